The van der Waals surface area contributed by atoms with Crippen molar-refractivity contribution in [1.29, 1.82) is 0 Å². The molecule has 116 valence electrons. The van der Waals surface area contributed by atoms with Crippen LogP contribution in [0.1, 0.15) is 0 Å². The molecule has 6 nitrogen and oxygen atoms in total. The second kappa shape index (κ2) is 6.76. The molecule has 3 heterocycles. The van der Waals surface area contributed by atoms with Gasteiger partial charge in [-0.2, -0.15) is 0 Å². The van der Waals surface area contributed by atoms with E-state index in [2.05, 4.69) is 4.90 Å². The third-order valence-corrected chi connectivity index (χ3v) is 6.09. The van der Waals surface area contributed by atoms with Crippen molar-refractivity contribution < 1.29 is 22.8 Å². The van der Waals surface area contributed by atoms with Crippen LogP contribution in [-0.4, -0.2) is 66.5 Å². The Morgan fingerprint density at radius 2 is 1.57 bits per heavy atom. The highest BCUT2D eigenvalue weighted by molar-refractivity contribution is 6.60. The van der Waals surface area contributed by atoms with E-state index >= 15 is 0 Å². The molecule has 3 aliphatic heterocycles. The van der Waals surface area contributed by atoms with Crippen molar-refractivity contribution in [2.45, 2.75) is 0 Å². The molecular weight excluding hydrogens is 290 g/mol. The lowest BCUT2D eigenvalue weighted by Crippen LogP contribution is -2.58. The molecule has 0 aliphatic carbocycles. The molecule has 0 atom stereocenters. The fourth-order valence-corrected chi connectivity index (χ4v) is 4.52. The Hall–Kier alpha value is -1.12. The summed E-state index contributed by atoms with van der Waals surface area (Å²) in [7, 11) is -1.12. The van der Waals surface area contributed by atoms with E-state index < -0.39 is 8.80 Å². The third-order valence-electron chi connectivity index (χ3n) is 3.66. The second-order valence-corrected chi connectivity index (χ2v) is 7.53. The van der Waals surface area contributed by atoms with Gasteiger partial charge in [0.1, 0.15) is 0 Å². The Morgan fingerprint density at radius 1 is 1.00 bits per heavy atom. The topological polar surface area (TPSA) is 49.4 Å². The van der Waals surface area contributed by atoms with Gasteiger partial charge in [-0.25, -0.2) is 0 Å². The normalized spacial score (nSPS) is 29.3. The van der Waals surface area contributed by atoms with Gasteiger partial charge in [0.2, 0.25) is 0 Å². The third kappa shape index (κ3) is 3.56. The summed E-state index contributed by atoms with van der Waals surface area (Å²) in [5.74, 6) is 1.38. The van der Waals surface area contributed by atoms with Gasteiger partial charge in [-0.15, -0.1) is 0 Å². The van der Waals surface area contributed by atoms with Crippen molar-refractivity contribution in [2.75, 3.05) is 52.8 Å². The molecule has 1 aromatic rings. The van der Waals surface area contributed by atoms with Crippen LogP contribution in [0.2, 0.25) is 0 Å². The Morgan fingerprint density at radius 3 is 2.14 bits per heavy atom. The molecule has 4 rings (SSSR count). The molecule has 7 heteroatoms. The highest BCUT2D eigenvalue weighted by Crippen LogP contribution is 2.27. The quantitative estimate of drug-likeness (QED) is 0.771. The predicted molar refractivity (Wildman–Crippen MR) is 78.5 cm³/mol. The average Bonchev–Trinajstić information content (AvgIpc) is 2.45. The average molecular weight is 311 g/mol. The molecule has 0 unspecified atom stereocenters. The molecule has 0 aromatic heterocycles. The summed E-state index contributed by atoms with van der Waals surface area (Å²) in [5, 5.41) is 0. The summed E-state index contributed by atoms with van der Waals surface area (Å²) in [6.45, 7) is 4.66. The molecule has 3 aliphatic rings. The van der Waals surface area contributed by atoms with Gasteiger partial charge < -0.3 is 22.8 Å². The molecule has 0 radical (unpaired) electrons. The first-order chi connectivity index (χ1) is 10.3. The zero-order valence-corrected chi connectivity index (χ0v) is 13.2. The Kier molecular flexibility index (Phi) is 4.76. The first-order valence-corrected chi connectivity index (χ1v) is 9.15. The van der Waals surface area contributed by atoms with Gasteiger partial charge >= 0.3 is 8.80 Å². The number of ether oxygens (including phenoxy) is 2. The van der Waals surface area contributed by atoms with Crippen molar-refractivity contribution in [2.24, 2.45) is 0 Å². The maximum atomic E-state index is 5.92. The van der Waals surface area contributed by atoms with Crippen LogP contribution < -0.4 is 9.47 Å². The number of benzene rings is 1. The lowest BCUT2D eigenvalue weighted by molar-refractivity contribution is -0.0176. The molecule has 0 saturated carbocycles. The summed E-state index contributed by atoms with van der Waals surface area (Å²) in [6.07, 6.45) is 0.313. The summed E-state index contributed by atoms with van der Waals surface area (Å²) in [6, 6.07) is 7.56. The molecule has 0 amide bonds. The van der Waals surface area contributed by atoms with Gasteiger partial charge in [0, 0.05) is 19.6 Å². The maximum absolute atomic E-state index is 5.92. The fourth-order valence-electron chi connectivity index (χ4n) is 2.48. The highest BCUT2D eigenvalue weighted by atomic mass is 28.4. The number of nitrogens with zero attached hydrogens (tertiary/aromatic N) is 1. The van der Waals surface area contributed by atoms with E-state index in [1.165, 1.54) is 0 Å². The molecule has 0 N–H and O–H groups in total. The number of fused-ring (bicyclic) bond motifs is 6. The van der Waals surface area contributed by atoms with Crippen molar-refractivity contribution >= 4 is 8.80 Å². The van der Waals surface area contributed by atoms with Crippen molar-refractivity contribution in [1.82, 2.24) is 4.90 Å². The zero-order valence-electron chi connectivity index (χ0n) is 12.2. The van der Waals surface area contributed by atoms with Crippen LogP contribution in [0.4, 0.5) is 0 Å². The number of methoxy groups -OCH3 is 1. The minimum atomic E-state index is -2.75. The lowest BCUT2D eigenvalue weighted by atomic mass is 10.3. The molecule has 0 spiro atoms. The van der Waals surface area contributed by atoms with Crippen LogP contribution in [0.25, 0.3) is 0 Å². The fraction of sp³-hybridized carbons (Fsp3) is 0.571. The largest absolute Gasteiger partial charge is 0.540 e. The molecule has 3 saturated heterocycles. The van der Waals surface area contributed by atoms with E-state index in [0.717, 1.165) is 19.6 Å². The van der Waals surface area contributed by atoms with Gasteiger partial charge in [-0.1, -0.05) is 12.1 Å². The Labute approximate surface area is 125 Å². The summed E-state index contributed by atoms with van der Waals surface area (Å²) in [5.41, 5.74) is 0. The molecule has 3 fully saturated rings. The highest BCUT2D eigenvalue weighted by Gasteiger charge is 2.45. The van der Waals surface area contributed by atoms with E-state index in [1.807, 2.05) is 24.3 Å². The van der Waals surface area contributed by atoms with Crippen molar-refractivity contribution in [3.63, 3.8) is 0 Å². The van der Waals surface area contributed by atoms with Crippen LogP contribution in [0.3, 0.4) is 0 Å². The van der Waals surface area contributed by atoms with Gasteiger partial charge in [0.15, 0.2) is 17.7 Å². The van der Waals surface area contributed by atoms with Gasteiger partial charge in [-0.05, 0) is 12.1 Å². The lowest BCUT2D eigenvalue weighted by Gasteiger charge is -2.37. The number of para-hydroxylation sites is 2. The second-order valence-electron chi connectivity index (χ2n) is 5.01. The number of hydrogen-bond donors (Lipinski definition) is 0. The number of rotatable bonds is 4. The Bertz CT molecular complexity index is 446. The minimum absolute atomic E-state index is 0.313. The molecule has 21 heavy (non-hydrogen) atoms. The van der Waals surface area contributed by atoms with Crippen LogP contribution in [-0.2, 0) is 13.3 Å². The monoisotopic (exact) mass is 311 g/mol. The zero-order chi connectivity index (χ0) is 14.5. The summed E-state index contributed by atoms with van der Waals surface area (Å²) in [4.78, 5) is 2.29. The molecule has 2 bridgehead atoms. The van der Waals surface area contributed by atoms with E-state index in [0.29, 0.717) is 37.5 Å². The van der Waals surface area contributed by atoms with E-state index in [1.54, 1.807) is 7.11 Å². The van der Waals surface area contributed by atoms with Crippen LogP contribution in [0.15, 0.2) is 24.3 Å². The first kappa shape index (κ1) is 14.8. The first-order valence-electron chi connectivity index (χ1n) is 7.21. The Balaban J connectivity index is 1.69. The van der Waals surface area contributed by atoms with Gasteiger partial charge in [0.05, 0.1) is 26.9 Å². The van der Waals surface area contributed by atoms with Crippen molar-refractivity contribution in [3.8, 4) is 11.5 Å². The van der Waals surface area contributed by atoms with Gasteiger partial charge in [0.25, 0.3) is 0 Å². The van der Waals surface area contributed by atoms with Gasteiger partial charge in [-0.3, -0.25) is 4.90 Å². The predicted octanol–water partition coefficient (Wildman–Crippen LogP) is 0.931. The SMILES string of the molecule is COc1ccccc1OC[Si]12OCCN(CCO1)CCO2. The number of hydrogen-bond acceptors (Lipinski definition) is 6. The van der Waals surface area contributed by atoms with Crippen molar-refractivity contribution in [3.05, 3.63) is 24.3 Å². The standard InChI is InChI=1S/C14H21NO5Si/c1-16-13-4-2-3-5-14(13)17-12-21-18-9-6-15(7-10-19-21)8-11-20-21/h2-5H,6-12H2,1H3. The maximum Gasteiger partial charge on any atom is 0.540 e. The summed E-state index contributed by atoms with van der Waals surface area (Å²) >= 11 is 0. The minimum Gasteiger partial charge on any atom is -0.493 e. The van der Waals surface area contributed by atoms with Crippen LogP contribution >= 0.6 is 0 Å². The summed E-state index contributed by atoms with van der Waals surface area (Å²) < 4.78 is 28.9. The molecular formula is C14H21NO5Si. The molecule has 1 aromatic carbocycles. The van der Waals surface area contributed by atoms with Crippen LogP contribution in [0.5, 0.6) is 11.5 Å². The van der Waals surface area contributed by atoms with E-state index in [4.69, 9.17) is 22.8 Å². The van der Waals surface area contributed by atoms with E-state index in [-0.39, 0.29) is 0 Å². The van der Waals surface area contributed by atoms with E-state index in [9.17, 15) is 0 Å². The van der Waals surface area contributed by atoms with Crippen LogP contribution in [0, 0.1) is 0 Å². The smallest absolute Gasteiger partial charge is 0.493 e.